The molecule has 0 aromatic carbocycles. The van der Waals surface area contributed by atoms with Crippen LogP contribution >= 0.6 is 0 Å². The van der Waals surface area contributed by atoms with Gasteiger partial charge in [0.25, 0.3) is 0 Å². The lowest BCUT2D eigenvalue weighted by atomic mass is 9.80. The highest BCUT2D eigenvalue weighted by molar-refractivity contribution is 4.82. The highest BCUT2D eigenvalue weighted by atomic mass is 16.5. The Morgan fingerprint density at radius 1 is 1.25 bits per heavy atom. The fourth-order valence-corrected chi connectivity index (χ4v) is 2.51. The molecule has 96 valence electrons. The highest BCUT2D eigenvalue weighted by Crippen LogP contribution is 2.28. The Kier molecular flexibility index (Phi) is 5.77. The van der Waals surface area contributed by atoms with Crippen molar-refractivity contribution in [3.63, 3.8) is 0 Å². The maximum Gasteiger partial charge on any atom is 0.0469 e. The van der Waals surface area contributed by atoms with E-state index in [0.29, 0.717) is 11.5 Å². The van der Waals surface area contributed by atoms with Gasteiger partial charge in [-0.25, -0.2) is 0 Å². The first-order valence-electron chi connectivity index (χ1n) is 6.84. The van der Waals surface area contributed by atoms with E-state index in [1.54, 1.807) is 0 Å². The summed E-state index contributed by atoms with van der Waals surface area (Å²) in [5.74, 6) is 0.819. The number of nitrogens with one attached hydrogen (secondary N) is 1. The lowest BCUT2D eigenvalue weighted by Crippen LogP contribution is -2.41. The second-order valence-corrected chi connectivity index (χ2v) is 6.28. The summed E-state index contributed by atoms with van der Waals surface area (Å²) in [7, 11) is 0. The lowest BCUT2D eigenvalue weighted by molar-refractivity contribution is 0.0475. The summed E-state index contributed by atoms with van der Waals surface area (Å²) in [6.45, 7) is 12.3. The third-order valence-corrected chi connectivity index (χ3v) is 3.32. The first kappa shape index (κ1) is 14.0. The van der Waals surface area contributed by atoms with E-state index in [1.807, 2.05) is 0 Å². The number of hydrogen-bond acceptors (Lipinski definition) is 2. The molecule has 1 heterocycles. The monoisotopic (exact) mass is 227 g/mol. The Labute approximate surface area is 101 Å². The molecule has 0 spiro atoms. The van der Waals surface area contributed by atoms with Crippen molar-refractivity contribution < 1.29 is 4.74 Å². The van der Waals surface area contributed by atoms with Gasteiger partial charge in [-0.05, 0) is 43.6 Å². The molecule has 0 radical (unpaired) electrons. The molecule has 1 N–H and O–H groups in total. The molecule has 2 nitrogen and oxygen atoms in total. The molecule has 1 aliphatic rings. The van der Waals surface area contributed by atoms with Crippen LogP contribution in [0.1, 0.15) is 53.4 Å². The topological polar surface area (TPSA) is 21.3 Å². The Bertz CT molecular complexity index is 180. The predicted octanol–water partition coefficient (Wildman–Crippen LogP) is 3.22. The minimum Gasteiger partial charge on any atom is -0.381 e. The highest BCUT2D eigenvalue weighted by Gasteiger charge is 2.27. The van der Waals surface area contributed by atoms with Crippen LogP contribution in [-0.4, -0.2) is 25.8 Å². The molecule has 1 atom stereocenters. The van der Waals surface area contributed by atoms with Crippen LogP contribution in [0.4, 0.5) is 0 Å². The Balaban J connectivity index is 2.47. The maximum absolute atomic E-state index is 5.46. The molecule has 1 unspecified atom stereocenters. The smallest absolute Gasteiger partial charge is 0.0469 e. The fraction of sp³-hybridized carbons (Fsp3) is 1.00. The van der Waals surface area contributed by atoms with Crippen LogP contribution < -0.4 is 5.32 Å². The summed E-state index contributed by atoms with van der Waals surface area (Å²) in [4.78, 5) is 0. The van der Waals surface area contributed by atoms with Gasteiger partial charge in [-0.2, -0.15) is 0 Å². The van der Waals surface area contributed by atoms with Crippen molar-refractivity contribution in [3.8, 4) is 0 Å². The molecular weight excluding hydrogens is 198 g/mol. The molecule has 1 fully saturated rings. The van der Waals surface area contributed by atoms with E-state index in [-0.39, 0.29) is 0 Å². The number of rotatable bonds is 5. The average Bonchev–Trinajstić information content (AvgIpc) is 2.24. The van der Waals surface area contributed by atoms with Gasteiger partial charge in [0.15, 0.2) is 0 Å². The van der Waals surface area contributed by atoms with Crippen LogP contribution in [-0.2, 0) is 4.74 Å². The quantitative estimate of drug-likeness (QED) is 0.778. The van der Waals surface area contributed by atoms with Crippen molar-refractivity contribution in [2.45, 2.75) is 59.4 Å². The molecule has 0 amide bonds. The minimum atomic E-state index is 0.420. The van der Waals surface area contributed by atoms with Gasteiger partial charge in [-0.3, -0.25) is 0 Å². The van der Waals surface area contributed by atoms with Crippen molar-refractivity contribution >= 4 is 0 Å². The van der Waals surface area contributed by atoms with Crippen LogP contribution in [0, 0.1) is 11.3 Å². The van der Waals surface area contributed by atoms with Crippen LogP contribution in [0.15, 0.2) is 0 Å². The second kappa shape index (κ2) is 6.61. The zero-order valence-corrected chi connectivity index (χ0v) is 11.5. The van der Waals surface area contributed by atoms with Crippen molar-refractivity contribution in [1.82, 2.24) is 5.32 Å². The summed E-state index contributed by atoms with van der Waals surface area (Å²) in [6, 6.07) is 0.684. The molecule has 0 saturated carbocycles. The van der Waals surface area contributed by atoms with Crippen molar-refractivity contribution in [2.75, 3.05) is 19.8 Å². The molecular formula is C14H29NO. The van der Waals surface area contributed by atoms with Crippen molar-refractivity contribution in [1.29, 1.82) is 0 Å². The Morgan fingerprint density at radius 2 is 1.88 bits per heavy atom. The van der Waals surface area contributed by atoms with E-state index in [4.69, 9.17) is 4.74 Å². The van der Waals surface area contributed by atoms with Crippen molar-refractivity contribution in [3.05, 3.63) is 0 Å². The third kappa shape index (κ3) is 5.31. The molecule has 1 aliphatic heterocycles. The molecule has 2 heteroatoms. The maximum atomic E-state index is 5.46. The standard InChI is InChI=1S/C14H29NO/c1-5-8-15-13(11-14(2,3)4)12-6-9-16-10-7-12/h12-13,15H,5-11H2,1-4H3. The second-order valence-electron chi connectivity index (χ2n) is 6.28. The van der Waals surface area contributed by atoms with Gasteiger partial charge in [0.2, 0.25) is 0 Å². The molecule has 0 aliphatic carbocycles. The third-order valence-electron chi connectivity index (χ3n) is 3.32. The van der Waals surface area contributed by atoms with Gasteiger partial charge in [0, 0.05) is 19.3 Å². The average molecular weight is 227 g/mol. The fourth-order valence-electron chi connectivity index (χ4n) is 2.51. The van der Waals surface area contributed by atoms with E-state index in [1.165, 1.54) is 25.7 Å². The molecule has 0 aromatic heterocycles. The molecule has 16 heavy (non-hydrogen) atoms. The summed E-state index contributed by atoms with van der Waals surface area (Å²) in [6.07, 6.45) is 4.97. The van der Waals surface area contributed by atoms with Gasteiger partial charge < -0.3 is 10.1 Å². The van der Waals surface area contributed by atoms with Gasteiger partial charge >= 0.3 is 0 Å². The van der Waals surface area contributed by atoms with Gasteiger partial charge in [0.05, 0.1) is 0 Å². The lowest BCUT2D eigenvalue weighted by Gasteiger charge is -2.35. The summed E-state index contributed by atoms with van der Waals surface area (Å²) < 4.78 is 5.46. The predicted molar refractivity (Wildman–Crippen MR) is 69.7 cm³/mol. The SMILES string of the molecule is CCCNC(CC(C)(C)C)C1CCOCC1. The van der Waals surface area contributed by atoms with E-state index >= 15 is 0 Å². The van der Waals surface area contributed by atoms with Gasteiger partial charge in [-0.1, -0.05) is 27.7 Å². The van der Waals surface area contributed by atoms with E-state index in [0.717, 1.165) is 25.7 Å². The van der Waals surface area contributed by atoms with Crippen LogP contribution in [0.3, 0.4) is 0 Å². The largest absolute Gasteiger partial charge is 0.381 e. The van der Waals surface area contributed by atoms with E-state index in [2.05, 4.69) is 33.0 Å². The van der Waals surface area contributed by atoms with Crippen LogP contribution in [0.25, 0.3) is 0 Å². The zero-order valence-electron chi connectivity index (χ0n) is 11.5. The molecule has 0 aromatic rings. The van der Waals surface area contributed by atoms with Gasteiger partial charge in [-0.15, -0.1) is 0 Å². The summed E-state index contributed by atoms with van der Waals surface area (Å²) in [5, 5.41) is 3.74. The first-order chi connectivity index (χ1) is 7.53. The minimum absolute atomic E-state index is 0.420. The van der Waals surface area contributed by atoms with Crippen LogP contribution in [0.5, 0.6) is 0 Å². The number of ether oxygens (including phenoxy) is 1. The molecule has 0 bridgehead atoms. The van der Waals surface area contributed by atoms with E-state index < -0.39 is 0 Å². The Morgan fingerprint density at radius 3 is 2.38 bits per heavy atom. The molecule has 1 saturated heterocycles. The summed E-state index contributed by atoms with van der Waals surface area (Å²) in [5.41, 5.74) is 0.420. The normalized spacial score (nSPS) is 21.0. The van der Waals surface area contributed by atoms with Crippen molar-refractivity contribution in [2.24, 2.45) is 11.3 Å². The Hall–Kier alpha value is -0.0800. The molecule has 1 rings (SSSR count). The number of hydrogen-bond donors (Lipinski definition) is 1. The van der Waals surface area contributed by atoms with Crippen LogP contribution in [0.2, 0.25) is 0 Å². The van der Waals surface area contributed by atoms with E-state index in [9.17, 15) is 0 Å². The van der Waals surface area contributed by atoms with Gasteiger partial charge in [0.1, 0.15) is 0 Å². The zero-order chi connectivity index (χ0) is 12.0. The first-order valence-corrected chi connectivity index (χ1v) is 6.84. The summed E-state index contributed by atoms with van der Waals surface area (Å²) >= 11 is 0.